The first-order valence-electron chi connectivity index (χ1n) is 6.71. The molecule has 0 radical (unpaired) electrons. The van der Waals surface area contributed by atoms with E-state index in [9.17, 15) is 4.79 Å². The molecule has 0 aliphatic carbocycles. The summed E-state index contributed by atoms with van der Waals surface area (Å²) in [6, 6.07) is 0. The number of rotatable bonds is 5. The van der Waals surface area contributed by atoms with Gasteiger partial charge >= 0.3 is 0 Å². The maximum absolute atomic E-state index is 12.1. The number of nitrogens with zero attached hydrogens (tertiary/aromatic N) is 1. The number of fused-ring (bicyclic) bond motifs is 1. The quantitative estimate of drug-likeness (QED) is 0.754. The number of aromatic amines is 1. The van der Waals surface area contributed by atoms with Crippen LogP contribution >= 0.6 is 12.4 Å². The van der Waals surface area contributed by atoms with E-state index in [2.05, 4.69) is 34.7 Å². The maximum atomic E-state index is 12.1. The summed E-state index contributed by atoms with van der Waals surface area (Å²) in [7, 11) is 1.66. The number of carbonyl (C=O) groups is 1. The highest BCUT2D eigenvalue weighted by molar-refractivity contribution is 5.94. The summed E-state index contributed by atoms with van der Waals surface area (Å²) in [4.78, 5) is 12.1. The van der Waals surface area contributed by atoms with Crippen molar-refractivity contribution < 1.29 is 9.53 Å². The van der Waals surface area contributed by atoms with Gasteiger partial charge in [-0.15, -0.1) is 12.4 Å². The Morgan fingerprint density at radius 2 is 2.25 bits per heavy atom. The maximum Gasteiger partial charge on any atom is 0.272 e. The van der Waals surface area contributed by atoms with Gasteiger partial charge in [-0.1, -0.05) is 13.8 Å². The first kappa shape index (κ1) is 16.9. The molecule has 0 saturated heterocycles. The zero-order valence-corrected chi connectivity index (χ0v) is 13.0. The fraction of sp³-hybridized carbons (Fsp3) is 0.692. The highest BCUT2D eigenvalue weighted by Crippen LogP contribution is 2.15. The predicted molar refractivity (Wildman–Crippen MR) is 79.2 cm³/mol. The molecule has 1 unspecified atom stereocenters. The molecule has 1 aliphatic heterocycles. The summed E-state index contributed by atoms with van der Waals surface area (Å²) < 4.78 is 5.34. The first-order valence-corrected chi connectivity index (χ1v) is 6.71. The number of H-pyrrole nitrogens is 1. The molecule has 7 heteroatoms. The van der Waals surface area contributed by atoms with Gasteiger partial charge in [0, 0.05) is 44.4 Å². The van der Waals surface area contributed by atoms with Gasteiger partial charge < -0.3 is 15.4 Å². The molecule has 2 heterocycles. The molecule has 20 heavy (non-hydrogen) atoms. The standard InChI is InChI=1S/C13H22N4O2.ClH/c1-8(2)11(19-3)7-15-13(18)12-9-6-14-5-4-10(9)16-17-12;/h8,11,14H,4-7H2,1-3H3,(H,15,18)(H,16,17);1H. The van der Waals surface area contributed by atoms with Gasteiger partial charge in [0.1, 0.15) is 0 Å². The summed E-state index contributed by atoms with van der Waals surface area (Å²) >= 11 is 0. The van der Waals surface area contributed by atoms with Crippen LogP contribution in [0, 0.1) is 5.92 Å². The van der Waals surface area contributed by atoms with Crippen LogP contribution in [-0.2, 0) is 17.7 Å². The summed E-state index contributed by atoms with van der Waals surface area (Å²) in [5.41, 5.74) is 2.55. The van der Waals surface area contributed by atoms with Crippen molar-refractivity contribution in [3.8, 4) is 0 Å². The van der Waals surface area contributed by atoms with Gasteiger partial charge in [-0.3, -0.25) is 9.89 Å². The van der Waals surface area contributed by atoms with E-state index in [0.717, 1.165) is 24.2 Å². The van der Waals surface area contributed by atoms with Crippen molar-refractivity contribution in [1.82, 2.24) is 20.8 Å². The van der Waals surface area contributed by atoms with Crippen molar-refractivity contribution in [2.45, 2.75) is 32.9 Å². The molecule has 1 atom stereocenters. The Bertz CT molecular complexity index is 448. The average Bonchev–Trinajstić information content (AvgIpc) is 2.82. The lowest BCUT2D eigenvalue weighted by Gasteiger charge is -2.19. The molecule has 1 aromatic heterocycles. The van der Waals surface area contributed by atoms with Crippen LogP contribution in [0.5, 0.6) is 0 Å². The van der Waals surface area contributed by atoms with Gasteiger partial charge in [0.2, 0.25) is 0 Å². The monoisotopic (exact) mass is 302 g/mol. The summed E-state index contributed by atoms with van der Waals surface area (Å²) in [6.45, 7) is 6.27. The van der Waals surface area contributed by atoms with Gasteiger partial charge in [-0.2, -0.15) is 5.10 Å². The smallest absolute Gasteiger partial charge is 0.272 e. The van der Waals surface area contributed by atoms with Crippen molar-refractivity contribution in [3.05, 3.63) is 17.0 Å². The Hall–Kier alpha value is -1.11. The van der Waals surface area contributed by atoms with Crippen LogP contribution in [0.3, 0.4) is 0 Å². The third-order valence-electron chi connectivity index (χ3n) is 3.53. The lowest BCUT2D eigenvalue weighted by atomic mass is 10.1. The van der Waals surface area contributed by atoms with E-state index in [0.29, 0.717) is 24.7 Å². The van der Waals surface area contributed by atoms with Crippen LogP contribution in [0.25, 0.3) is 0 Å². The van der Waals surface area contributed by atoms with E-state index >= 15 is 0 Å². The van der Waals surface area contributed by atoms with Crippen LogP contribution in [0.15, 0.2) is 0 Å². The van der Waals surface area contributed by atoms with E-state index < -0.39 is 0 Å². The van der Waals surface area contributed by atoms with E-state index in [4.69, 9.17) is 4.74 Å². The largest absolute Gasteiger partial charge is 0.379 e. The van der Waals surface area contributed by atoms with Crippen molar-refractivity contribution >= 4 is 18.3 Å². The third kappa shape index (κ3) is 3.71. The van der Waals surface area contributed by atoms with Gasteiger partial charge in [-0.05, 0) is 5.92 Å². The van der Waals surface area contributed by atoms with Gasteiger partial charge in [-0.25, -0.2) is 0 Å². The minimum atomic E-state index is -0.135. The lowest BCUT2D eigenvalue weighted by Crippen LogP contribution is -2.37. The van der Waals surface area contributed by atoms with Gasteiger partial charge in [0.05, 0.1) is 6.10 Å². The highest BCUT2D eigenvalue weighted by atomic mass is 35.5. The third-order valence-corrected chi connectivity index (χ3v) is 3.53. The molecule has 0 bridgehead atoms. The zero-order chi connectivity index (χ0) is 13.8. The lowest BCUT2D eigenvalue weighted by molar-refractivity contribution is 0.0603. The van der Waals surface area contributed by atoms with Crippen molar-refractivity contribution in [2.24, 2.45) is 5.92 Å². The topological polar surface area (TPSA) is 79.0 Å². The number of aromatic nitrogens is 2. The number of carbonyl (C=O) groups excluding carboxylic acids is 1. The molecular weight excluding hydrogens is 280 g/mol. The number of amides is 1. The van der Waals surface area contributed by atoms with E-state index in [1.165, 1.54) is 0 Å². The molecule has 1 aromatic rings. The first-order chi connectivity index (χ1) is 9.13. The second-order valence-corrected chi connectivity index (χ2v) is 5.18. The van der Waals surface area contributed by atoms with Crippen LogP contribution in [0.2, 0.25) is 0 Å². The number of ether oxygens (including phenoxy) is 1. The minimum Gasteiger partial charge on any atom is -0.379 e. The molecule has 6 nitrogen and oxygen atoms in total. The number of methoxy groups -OCH3 is 1. The Balaban J connectivity index is 0.00000200. The van der Waals surface area contributed by atoms with Crippen molar-refractivity contribution in [3.63, 3.8) is 0 Å². The molecule has 114 valence electrons. The number of hydrogen-bond acceptors (Lipinski definition) is 4. The average molecular weight is 303 g/mol. The van der Waals surface area contributed by atoms with Crippen molar-refractivity contribution in [2.75, 3.05) is 20.2 Å². The van der Waals surface area contributed by atoms with E-state index in [1.54, 1.807) is 7.11 Å². The number of nitrogens with one attached hydrogen (secondary N) is 3. The molecule has 3 N–H and O–H groups in total. The van der Waals surface area contributed by atoms with Crippen LogP contribution in [0.4, 0.5) is 0 Å². The van der Waals surface area contributed by atoms with E-state index in [1.807, 2.05) is 0 Å². The predicted octanol–water partition coefficient (Wildman–Crippen LogP) is 0.878. The molecule has 0 aromatic carbocycles. The Kier molecular flexibility index (Phi) is 6.45. The van der Waals surface area contributed by atoms with Gasteiger partial charge in [0.25, 0.3) is 5.91 Å². The summed E-state index contributed by atoms with van der Waals surface area (Å²) in [5.74, 6) is 0.226. The normalized spacial score (nSPS) is 15.4. The summed E-state index contributed by atoms with van der Waals surface area (Å²) in [6.07, 6.45) is 0.916. The highest BCUT2D eigenvalue weighted by Gasteiger charge is 2.22. The molecule has 0 fully saturated rings. The zero-order valence-electron chi connectivity index (χ0n) is 12.2. The second-order valence-electron chi connectivity index (χ2n) is 5.18. The van der Waals surface area contributed by atoms with E-state index in [-0.39, 0.29) is 24.4 Å². The van der Waals surface area contributed by atoms with Crippen LogP contribution in [0.1, 0.15) is 35.6 Å². The summed E-state index contributed by atoms with van der Waals surface area (Å²) in [5, 5.41) is 13.2. The Labute approximate surface area is 125 Å². The Morgan fingerprint density at radius 3 is 2.90 bits per heavy atom. The molecular formula is C13H23ClN4O2. The molecule has 1 amide bonds. The Morgan fingerprint density at radius 1 is 1.50 bits per heavy atom. The fourth-order valence-electron chi connectivity index (χ4n) is 2.28. The molecule has 1 aliphatic rings. The fourth-order valence-corrected chi connectivity index (χ4v) is 2.28. The minimum absolute atomic E-state index is 0. The second kappa shape index (κ2) is 7.61. The van der Waals surface area contributed by atoms with Crippen molar-refractivity contribution in [1.29, 1.82) is 0 Å². The van der Waals surface area contributed by atoms with Crippen LogP contribution in [-0.4, -0.2) is 42.4 Å². The molecule has 0 spiro atoms. The molecule has 0 saturated carbocycles. The molecule has 2 rings (SSSR count). The number of halogens is 1. The van der Waals surface area contributed by atoms with Gasteiger partial charge in [0.15, 0.2) is 5.69 Å². The van der Waals surface area contributed by atoms with Crippen LogP contribution < -0.4 is 10.6 Å². The number of hydrogen-bond donors (Lipinski definition) is 3. The SMILES string of the molecule is COC(CNC(=O)c1n[nH]c2c1CNCC2)C(C)C.Cl.